The number of nitrogens with one attached hydrogen (secondary N) is 1. The number of rotatable bonds is 3. The standard InChI is InChI=1S/C13H19N5O2/c1-7(19)9-4-8(13(9,2)3)5-18-11-10(16-17-18)12(20)15-6-14-11/h6-9,19H,4-5H2,1-3H3,(H,14,15,20)/t7-,8?,9?/m0/s1. The van der Waals surface area contributed by atoms with E-state index in [4.69, 9.17) is 0 Å². The lowest BCUT2D eigenvalue weighted by Crippen LogP contribution is -2.51. The van der Waals surface area contributed by atoms with Gasteiger partial charge in [0, 0.05) is 6.54 Å². The molecule has 7 heteroatoms. The zero-order valence-corrected chi connectivity index (χ0v) is 11.9. The molecule has 1 saturated carbocycles. The van der Waals surface area contributed by atoms with E-state index >= 15 is 0 Å². The normalized spacial score (nSPS) is 26.4. The minimum atomic E-state index is -0.297. The zero-order chi connectivity index (χ0) is 14.5. The maximum absolute atomic E-state index is 11.6. The minimum Gasteiger partial charge on any atom is -0.393 e. The molecule has 2 aromatic rings. The second-order valence-corrected chi connectivity index (χ2v) is 6.28. The summed E-state index contributed by atoms with van der Waals surface area (Å²) < 4.78 is 1.69. The Hall–Kier alpha value is -1.76. The molecular formula is C13H19N5O2. The van der Waals surface area contributed by atoms with Crippen LogP contribution in [0.1, 0.15) is 27.2 Å². The van der Waals surface area contributed by atoms with E-state index in [-0.39, 0.29) is 22.6 Å². The number of aromatic amines is 1. The van der Waals surface area contributed by atoms with Gasteiger partial charge in [-0.15, -0.1) is 5.10 Å². The second-order valence-electron chi connectivity index (χ2n) is 6.28. The van der Waals surface area contributed by atoms with E-state index in [1.165, 1.54) is 6.33 Å². The van der Waals surface area contributed by atoms with Gasteiger partial charge in [-0.1, -0.05) is 19.1 Å². The summed E-state index contributed by atoms with van der Waals surface area (Å²) >= 11 is 0. The molecular weight excluding hydrogens is 258 g/mol. The summed E-state index contributed by atoms with van der Waals surface area (Å²) in [5, 5.41) is 17.7. The Morgan fingerprint density at radius 1 is 1.60 bits per heavy atom. The minimum absolute atomic E-state index is 0.0492. The van der Waals surface area contributed by atoms with Crippen LogP contribution in [0.2, 0.25) is 0 Å². The molecule has 0 aliphatic heterocycles. The van der Waals surface area contributed by atoms with Crippen LogP contribution in [-0.4, -0.2) is 36.2 Å². The summed E-state index contributed by atoms with van der Waals surface area (Å²) in [5.74, 6) is 0.701. The van der Waals surface area contributed by atoms with Crippen molar-refractivity contribution in [1.29, 1.82) is 0 Å². The van der Waals surface area contributed by atoms with Gasteiger partial charge in [0.2, 0.25) is 0 Å². The lowest BCUT2D eigenvalue weighted by molar-refractivity contribution is -0.0946. The molecule has 3 atom stereocenters. The maximum Gasteiger partial charge on any atom is 0.280 e. The third kappa shape index (κ3) is 1.84. The van der Waals surface area contributed by atoms with E-state index in [1.807, 2.05) is 6.92 Å². The average molecular weight is 277 g/mol. The van der Waals surface area contributed by atoms with Gasteiger partial charge in [0.05, 0.1) is 12.4 Å². The van der Waals surface area contributed by atoms with Crippen molar-refractivity contribution in [3.05, 3.63) is 16.7 Å². The number of aliphatic hydroxyl groups excluding tert-OH is 1. The number of aromatic nitrogens is 5. The summed E-state index contributed by atoms with van der Waals surface area (Å²) in [5.41, 5.74) is 0.575. The fourth-order valence-corrected chi connectivity index (χ4v) is 3.32. The first-order valence-electron chi connectivity index (χ1n) is 6.86. The molecule has 0 amide bonds. The van der Waals surface area contributed by atoms with E-state index in [1.54, 1.807) is 4.68 Å². The van der Waals surface area contributed by atoms with E-state index in [0.717, 1.165) is 6.42 Å². The first-order chi connectivity index (χ1) is 9.41. The number of nitrogens with zero attached hydrogens (tertiary/aromatic N) is 4. The molecule has 1 aliphatic rings. The summed E-state index contributed by atoms with van der Waals surface area (Å²) in [6, 6.07) is 0. The monoisotopic (exact) mass is 277 g/mol. The highest BCUT2D eigenvalue weighted by molar-refractivity contribution is 5.67. The fraction of sp³-hybridized carbons (Fsp3) is 0.692. The van der Waals surface area contributed by atoms with Crippen LogP contribution in [0.15, 0.2) is 11.1 Å². The Bertz CT molecular complexity index is 687. The second kappa shape index (κ2) is 4.37. The van der Waals surface area contributed by atoms with Crippen LogP contribution in [0.25, 0.3) is 11.2 Å². The molecule has 0 saturated heterocycles. The quantitative estimate of drug-likeness (QED) is 0.854. The van der Waals surface area contributed by atoms with Crippen molar-refractivity contribution in [2.24, 2.45) is 17.3 Å². The van der Waals surface area contributed by atoms with Crippen molar-refractivity contribution in [2.45, 2.75) is 39.8 Å². The van der Waals surface area contributed by atoms with Gasteiger partial charge in [0.25, 0.3) is 5.56 Å². The molecule has 2 unspecified atom stereocenters. The van der Waals surface area contributed by atoms with Crippen LogP contribution in [0.5, 0.6) is 0 Å². The van der Waals surface area contributed by atoms with Crippen LogP contribution in [-0.2, 0) is 6.54 Å². The number of hydrogen-bond acceptors (Lipinski definition) is 5. The van der Waals surface area contributed by atoms with Crippen LogP contribution in [0, 0.1) is 17.3 Å². The molecule has 2 heterocycles. The predicted octanol–water partition coefficient (Wildman–Crippen LogP) is 0.558. The van der Waals surface area contributed by atoms with Gasteiger partial charge >= 0.3 is 0 Å². The molecule has 2 N–H and O–H groups in total. The zero-order valence-electron chi connectivity index (χ0n) is 11.9. The molecule has 1 aliphatic carbocycles. The van der Waals surface area contributed by atoms with Crippen molar-refractivity contribution in [2.75, 3.05) is 0 Å². The van der Waals surface area contributed by atoms with Gasteiger partial charge in [-0.3, -0.25) is 4.79 Å². The Morgan fingerprint density at radius 2 is 2.35 bits per heavy atom. The van der Waals surface area contributed by atoms with E-state index in [9.17, 15) is 9.90 Å². The lowest BCUT2D eigenvalue weighted by Gasteiger charge is -2.53. The van der Waals surface area contributed by atoms with Gasteiger partial charge < -0.3 is 10.1 Å². The van der Waals surface area contributed by atoms with Crippen molar-refractivity contribution in [3.63, 3.8) is 0 Å². The molecule has 2 aromatic heterocycles. The number of hydrogen-bond donors (Lipinski definition) is 2. The predicted molar refractivity (Wildman–Crippen MR) is 73.0 cm³/mol. The first kappa shape index (κ1) is 13.2. The maximum atomic E-state index is 11.6. The molecule has 3 rings (SSSR count). The van der Waals surface area contributed by atoms with E-state index < -0.39 is 0 Å². The summed E-state index contributed by atoms with van der Waals surface area (Å²) in [6.07, 6.45) is 2.03. The smallest absolute Gasteiger partial charge is 0.280 e. The number of aliphatic hydroxyl groups is 1. The fourth-order valence-electron chi connectivity index (χ4n) is 3.32. The van der Waals surface area contributed by atoms with Gasteiger partial charge in [-0.2, -0.15) is 0 Å². The van der Waals surface area contributed by atoms with Crippen LogP contribution >= 0.6 is 0 Å². The molecule has 1 fully saturated rings. The largest absolute Gasteiger partial charge is 0.393 e. The first-order valence-corrected chi connectivity index (χ1v) is 6.86. The van der Waals surface area contributed by atoms with Crippen LogP contribution in [0.3, 0.4) is 0 Å². The van der Waals surface area contributed by atoms with Gasteiger partial charge in [0.15, 0.2) is 11.2 Å². The summed E-state index contributed by atoms with van der Waals surface area (Å²) in [7, 11) is 0. The third-order valence-corrected chi connectivity index (χ3v) is 4.83. The highest BCUT2D eigenvalue weighted by atomic mass is 16.3. The SMILES string of the molecule is C[C@H](O)C1CC(Cn2nnc3c(=O)[nH]cnc32)C1(C)C. The Kier molecular flexibility index (Phi) is 2.89. The van der Waals surface area contributed by atoms with Crippen molar-refractivity contribution in [1.82, 2.24) is 25.0 Å². The van der Waals surface area contributed by atoms with Gasteiger partial charge in [-0.25, -0.2) is 9.67 Å². The Balaban J connectivity index is 1.85. The third-order valence-electron chi connectivity index (χ3n) is 4.83. The molecule has 0 radical (unpaired) electrons. The molecule has 7 nitrogen and oxygen atoms in total. The van der Waals surface area contributed by atoms with E-state index in [2.05, 4.69) is 34.1 Å². The highest BCUT2D eigenvalue weighted by Gasteiger charge is 2.50. The van der Waals surface area contributed by atoms with E-state index in [0.29, 0.717) is 24.0 Å². The molecule has 0 bridgehead atoms. The molecule has 108 valence electrons. The topological polar surface area (TPSA) is 96.7 Å². The van der Waals surface area contributed by atoms with Crippen LogP contribution < -0.4 is 5.56 Å². The highest BCUT2D eigenvalue weighted by Crippen LogP contribution is 2.53. The van der Waals surface area contributed by atoms with Crippen LogP contribution in [0.4, 0.5) is 0 Å². The molecule has 0 spiro atoms. The Morgan fingerprint density at radius 3 is 3.00 bits per heavy atom. The average Bonchev–Trinajstić information content (AvgIpc) is 2.78. The summed E-state index contributed by atoms with van der Waals surface area (Å²) in [6.45, 7) is 6.84. The number of fused-ring (bicyclic) bond motifs is 1. The van der Waals surface area contributed by atoms with Crippen molar-refractivity contribution < 1.29 is 5.11 Å². The summed E-state index contributed by atoms with van der Waals surface area (Å²) in [4.78, 5) is 18.2. The van der Waals surface area contributed by atoms with Crippen molar-refractivity contribution in [3.8, 4) is 0 Å². The Labute approximate surface area is 116 Å². The molecule has 20 heavy (non-hydrogen) atoms. The number of H-pyrrole nitrogens is 1. The van der Waals surface area contributed by atoms with Crippen molar-refractivity contribution >= 4 is 11.2 Å². The molecule has 0 aromatic carbocycles. The lowest BCUT2D eigenvalue weighted by atomic mass is 9.53. The van der Waals surface area contributed by atoms with Gasteiger partial charge in [-0.05, 0) is 30.6 Å². The van der Waals surface area contributed by atoms with Gasteiger partial charge in [0.1, 0.15) is 0 Å².